The van der Waals surface area contributed by atoms with E-state index in [2.05, 4.69) is 29.4 Å². The lowest BCUT2D eigenvalue weighted by atomic mass is 9.98. The van der Waals surface area contributed by atoms with Gasteiger partial charge in [0.05, 0.1) is 5.69 Å². The molecule has 90 valence electrons. The van der Waals surface area contributed by atoms with E-state index in [4.69, 9.17) is 0 Å². The van der Waals surface area contributed by atoms with E-state index in [1.165, 1.54) is 11.0 Å². The minimum atomic E-state index is -0.160. The number of rotatable bonds is 3. The molecule has 0 atom stereocenters. The van der Waals surface area contributed by atoms with Crippen molar-refractivity contribution >= 4 is 0 Å². The van der Waals surface area contributed by atoms with Crippen molar-refractivity contribution in [1.29, 1.82) is 0 Å². The third kappa shape index (κ3) is 2.33. The molecular formula is C12H15FN4. The van der Waals surface area contributed by atoms with Gasteiger partial charge in [-0.05, 0) is 41.3 Å². The van der Waals surface area contributed by atoms with E-state index in [0.717, 1.165) is 0 Å². The number of aryl methyl sites for hydroxylation is 1. The van der Waals surface area contributed by atoms with Crippen LogP contribution >= 0.6 is 0 Å². The first kappa shape index (κ1) is 11.7. The van der Waals surface area contributed by atoms with Crippen LogP contribution in [0.5, 0.6) is 0 Å². The molecule has 0 bridgehead atoms. The molecule has 2 aromatic rings. The van der Waals surface area contributed by atoms with Gasteiger partial charge in [-0.2, -0.15) is 0 Å². The molecule has 0 fully saturated rings. The molecule has 0 spiro atoms. The normalized spacial score (nSPS) is 11.1. The Labute approximate surface area is 99.5 Å². The van der Waals surface area contributed by atoms with Crippen molar-refractivity contribution in [3.63, 3.8) is 0 Å². The fourth-order valence-corrected chi connectivity index (χ4v) is 1.82. The van der Waals surface area contributed by atoms with Gasteiger partial charge in [-0.3, -0.25) is 0 Å². The quantitative estimate of drug-likeness (QED) is 0.818. The Bertz CT molecular complexity index is 505. The average Bonchev–Trinajstić information content (AvgIpc) is 2.78. The molecule has 2 rings (SSSR count). The Morgan fingerprint density at radius 1 is 1.35 bits per heavy atom. The highest BCUT2D eigenvalue weighted by Crippen LogP contribution is 2.23. The first-order chi connectivity index (χ1) is 8.09. The van der Waals surface area contributed by atoms with E-state index in [1.54, 1.807) is 13.0 Å². The number of aromatic nitrogens is 4. The third-order valence-corrected chi connectivity index (χ3v) is 2.62. The third-order valence-electron chi connectivity index (χ3n) is 2.62. The molecule has 0 aliphatic heterocycles. The van der Waals surface area contributed by atoms with Crippen LogP contribution < -0.4 is 0 Å². The fraction of sp³-hybridized carbons (Fsp3) is 0.417. The molecule has 0 saturated carbocycles. The largest absolute Gasteiger partial charge is 0.206 e. The van der Waals surface area contributed by atoms with Crippen LogP contribution in [0.15, 0.2) is 18.5 Å². The number of benzene rings is 1. The van der Waals surface area contributed by atoms with Crippen molar-refractivity contribution in [3.05, 3.63) is 35.4 Å². The topological polar surface area (TPSA) is 43.6 Å². The second kappa shape index (κ2) is 4.61. The Kier molecular flexibility index (Phi) is 3.17. The van der Waals surface area contributed by atoms with Crippen molar-refractivity contribution in [1.82, 2.24) is 20.2 Å². The standard InChI is InChI=1S/C12H15FN4/c1-8(2)6-10-11(17-7-14-15-16-17)5-4-9(3)12(10)13/h4-5,7-8H,6H2,1-3H3. The van der Waals surface area contributed by atoms with Gasteiger partial charge in [-0.15, -0.1) is 5.10 Å². The van der Waals surface area contributed by atoms with Crippen LogP contribution in [-0.2, 0) is 6.42 Å². The molecule has 4 nitrogen and oxygen atoms in total. The first-order valence-corrected chi connectivity index (χ1v) is 5.61. The summed E-state index contributed by atoms with van der Waals surface area (Å²) in [6, 6.07) is 3.60. The van der Waals surface area contributed by atoms with Gasteiger partial charge >= 0.3 is 0 Å². The van der Waals surface area contributed by atoms with Crippen LogP contribution in [-0.4, -0.2) is 20.2 Å². The van der Waals surface area contributed by atoms with Crippen LogP contribution in [0.3, 0.4) is 0 Å². The van der Waals surface area contributed by atoms with Gasteiger partial charge in [0, 0.05) is 5.56 Å². The second-order valence-corrected chi connectivity index (χ2v) is 4.55. The predicted octanol–water partition coefficient (Wildman–Crippen LogP) is 2.31. The summed E-state index contributed by atoms with van der Waals surface area (Å²) >= 11 is 0. The lowest BCUT2D eigenvalue weighted by Gasteiger charge is -2.13. The first-order valence-electron chi connectivity index (χ1n) is 5.61. The lowest BCUT2D eigenvalue weighted by molar-refractivity contribution is 0.563. The maximum Gasteiger partial charge on any atom is 0.143 e. The van der Waals surface area contributed by atoms with Crippen LogP contribution in [0.1, 0.15) is 25.0 Å². The summed E-state index contributed by atoms with van der Waals surface area (Å²) < 4.78 is 15.6. The summed E-state index contributed by atoms with van der Waals surface area (Å²) in [5.74, 6) is 0.216. The number of hydrogen-bond acceptors (Lipinski definition) is 3. The van der Waals surface area contributed by atoms with Crippen LogP contribution in [0, 0.1) is 18.7 Å². The van der Waals surface area contributed by atoms with Crippen molar-refractivity contribution in [2.45, 2.75) is 27.2 Å². The van der Waals surface area contributed by atoms with E-state index < -0.39 is 0 Å². The number of hydrogen-bond donors (Lipinski definition) is 0. The summed E-state index contributed by atoms with van der Waals surface area (Å²) in [6.45, 7) is 5.89. The molecule has 0 radical (unpaired) electrons. The zero-order chi connectivity index (χ0) is 12.4. The lowest BCUT2D eigenvalue weighted by Crippen LogP contribution is -2.07. The number of nitrogens with zero attached hydrogens (tertiary/aromatic N) is 4. The summed E-state index contributed by atoms with van der Waals surface area (Å²) in [7, 11) is 0. The van der Waals surface area contributed by atoms with Gasteiger partial charge in [-0.1, -0.05) is 19.9 Å². The monoisotopic (exact) mass is 234 g/mol. The van der Waals surface area contributed by atoms with E-state index in [9.17, 15) is 4.39 Å². The van der Waals surface area contributed by atoms with Crippen LogP contribution in [0.2, 0.25) is 0 Å². The van der Waals surface area contributed by atoms with Gasteiger partial charge in [0.2, 0.25) is 0 Å². The molecule has 0 aliphatic carbocycles. The molecule has 0 aliphatic rings. The second-order valence-electron chi connectivity index (χ2n) is 4.55. The van der Waals surface area contributed by atoms with Crippen molar-refractivity contribution < 1.29 is 4.39 Å². The maximum atomic E-state index is 14.1. The molecule has 1 heterocycles. The molecule has 1 aromatic carbocycles. The Morgan fingerprint density at radius 3 is 2.71 bits per heavy atom. The summed E-state index contributed by atoms with van der Waals surface area (Å²) in [5.41, 5.74) is 2.04. The van der Waals surface area contributed by atoms with Gasteiger partial charge in [-0.25, -0.2) is 9.07 Å². The molecule has 17 heavy (non-hydrogen) atoms. The molecule has 0 amide bonds. The number of halogens is 1. The van der Waals surface area contributed by atoms with Crippen LogP contribution in [0.25, 0.3) is 5.69 Å². The van der Waals surface area contributed by atoms with Crippen molar-refractivity contribution in [2.24, 2.45) is 5.92 Å². The van der Waals surface area contributed by atoms with Crippen LogP contribution in [0.4, 0.5) is 4.39 Å². The Balaban J connectivity index is 2.55. The smallest absolute Gasteiger partial charge is 0.143 e. The van der Waals surface area contributed by atoms with E-state index in [-0.39, 0.29) is 5.82 Å². The highest BCUT2D eigenvalue weighted by atomic mass is 19.1. The average molecular weight is 234 g/mol. The minimum absolute atomic E-state index is 0.160. The molecule has 5 heteroatoms. The minimum Gasteiger partial charge on any atom is -0.206 e. The SMILES string of the molecule is Cc1ccc(-n2cnnn2)c(CC(C)C)c1F. The summed E-state index contributed by atoms with van der Waals surface area (Å²) in [6.07, 6.45) is 2.15. The Hall–Kier alpha value is -1.78. The highest BCUT2D eigenvalue weighted by Gasteiger charge is 2.14. The Morgan fingerprint density at radius 2 is 2.12 bits per heavy atom. The highest BCUT2D eigenvalue weighted by molar-refractivity contribution is 5.43. The molecule has 1 aromatic heterocycles. The van der Waals surface area contributed by atoms with Gasteiger partial charge in [0.25, 0.3) is 0 Å². The number of tetrazole rings is 1. The van der Waals surface area contributed by atoms with E-state index in [0.29, 0.717) is 29.2 Å². The van der Waals surface area contributed by atoms with Crippen molar-refractivity contribution in [2.75, 3.05) is 0 Å². The molecule has 0 unspecified atom stereocenters. The van der Waals surface area contributed by atoms with Gasteiger partial charge in [0.15, 0.2) is 0 Å². The molecular weight excluding hydrogens is 219 g/mol. The van der Waals surface area contributed by atoms with Gasteiger partial charge < -0.3 is 0 Å². The zero-order valence-corrected chi connectivity index (χ0v) is 10.2. The van der Waals surface area contributed by atoms with Crippen molar-refractivity contribution in [3.8, 4) is 5.69 Å². The zero-order valence-electron chi connectivity index (χ0n) is 10.2. The predicted molar refractivity (Wildman–Crippen MR) is 62.4 cm³/mol. The molecule has 0 saturated heterocycles. The molecule has 0 N–H and O–H groups in total. The summed E-state index contributed by atoms with van der Waals surface area (Å²) in [4.78, 5) is 0. The van der Waals surface area contributed by atoms with Gasteiger partial charge in [0.1, 0.15) is 12.1 Å². The maximum absolute atomic E-state index is 14.1. The fourth-order valence-electron chi connectivity index (χ4n) is 1.82. The van der Waals surface area contributed by atoms with E-state index >= 15 is 0 Å². The summed E-state index contributed by atoms with van der Waals surface area (Å²) in [5, 5.41) is 11.0. The van der Waals surface area contributed by atoms with E-state index in [1.807, 2.05) is 6.07 Å².